The predicted molar refractivity (Wildman–Crippen MR) is 117 cm³/mol. The lowest BCUT2D eigenvalue weighted by Crippen LogP contribution is -2.30. The molecule has 0 spiro atoms. The molecule has 0 radical (unpaired) electrons. The molecular formula is C24H25FN4O2. The molecule has 0 aliphatic carbocycles. The van der Waals surface area contributed by atoms with Crippen LogP contribution in [0.15, 0.2) is 60.9 Å². The largest absolute Gasteiger partial charge is 0.436 e. The highest BCUT2D eigenvalue weighted by Gasteiger charge is 2.18. The molecule has 160 valence electrons. The standard InChI is InChI=1S/C24H25FN4O2/c1-17(18-5-9-20(25)10-6-18)28-23(30)19-7-11-21(12-8-19)31-24-22(26-13-14-27-24)29-15-3-2-4-16-29/h5-14,17H,2-4,15-16H2,1H3,(H,28,30)/t17-/m1/s1. The Balaban J connectivity index is 1.41. The summed E-state index contributed by atoms with van der Waals surface area (Å²) < 4.78 is 19.1. The van der Waals surface area contributed by atoms with E-state index in [1.165, 1.54) is 18.6 Å². The zero-order valence-electron chi connectivity index (χ0n) is 17.4. The van der Waals surface area contributed by atoms with Crippen molar-refractivity contribution in [2.45, 2.75) is 32.2 Å². The quantitative estimate of drug-likeness (QED) is 0.615. The van der Waals surface area contributed by atoms with Gasteiger partial charge in [0, 0.05) is 31.0 Å². The molecule has 31 heavy (non-hydrogen) atoms. The molecule has 2 heterocycles. The summed E-state index contributed by atoms with van der Waals surface area (Å²) in [6.45, 7) is 3.75. The summed E-state index contributed by atoms with van der Waals surface area (Å²) in [4.78, 5) is 23.6. The van der Waals surface area contributed by atoms with Gasteiger partial charge < -0.3 is 15.0 Å². The Kier molecular flexibility index (Phi) is 6.40. The molecule has 0 saturated carbocycles. The van der Waals surface area contributed by atoms with Crippen molar-refractivity contribution >= 4 is 11.7 Å². The minimum atomic E-state index is -0.301. The van der Waals surface area contributed by atoms with Crippen molar-refractivity contribution in [3.8, 4) is 11.6 Å². The zero-order valence-corrected chi connectivity index (χ0v) is 17.4. The first-order valence-electron chi connectivity index (χ1n) is 10.5. The van der Waals surface area contributed by atoms with Gasteiger partial charge in [-0.3, -0.25) is 4.79 Å². The van der Waals surface area contributed by atoms with Crippen LogP contribution in [0.25, 0.3) is 0 Å². The zero-order chi connectivity index (χ0) is 21.6. The monoisotopic (exact) mass is 420 g/mol. The van der Waals surface area contributed by atoms with Crippen molar-refractivity contribution in [1.82, 2.24) is 15.3 Å². The summed E-state index contributed by atoms with van der Waals surface area (Å²) in [6, 6.07) is 12.8. The first kappa shape index (κ1) is 20.8. The van der Waals surface area contributed by atoms with Gasteiger partial charge in [-0.1, -0.05) is 12.1 Å². The number of carbonyl (C=O) groups is 1. The van der Waals surface area contributed by atoms with Gasteiger partial charge in [-0.15, -0.1) is 0 Å². The van der Waals surface area contributed by atoms with E-state index in [1.54, 1.807) is 48.8 Å². The lowest BCUT2D eigenvalue weighted by atomic mass is 10.1. The van der Waals surface area contributed by atoms with Gasteiger partial charge in [-0.2, -0.15) is 0 Å². The third-order valence-corrected chi connectivity index (χ3v) is 5.35. The Bertz CT molecular complexity index is 1020. The predicted octanol–water partition coefficient (Wildman–Crippen LogP) is 4.89. The van der Waals surface area contributed by atoms with Crippen LogP contribution < -0.4 is 15.0 Å². The average molecular weight is 420 g/mol. The fraction of sp³-hybridized carbons (Fsp3) is 0.292. The van der Waals surface area contributed by atoms with E-state index >= 15 is 0 Å². The average Bonchev–Trinajstić information content (AvgIpc) is 2.81. The number of hydrogen-bond acceptors (Lipinski definition) is 5. The number of nitrogens with zero attached hydrogens (tertiary/aromatic N) is 3. The highest BCUT2D eigenvalue weighted by Crippen LogP contribution is 2.30. The highest BCUT2D eigenvalue weighted by molar-refractivity contribution is 5.94. The second kappa shape index (κ2) is 9.55. The minimum Gasteiger partial charge on any atom is -0.436 e. The van der Waals surface area contributed by atoms with Crippen molar-refractivity contribution in [3.63, 3.8) is 0 Å². The first-order chi connectivity index (χ1) is 15.1. The summed E-state index contributed by atoms with van der Waals surface area (Å²) in [5.74, 6) is 1.28. The van der Waals surface area contributed by atoms with Gasteiger partial charge in [0.1, 0.15) is 11.6 Å². The van der Waals surface area contributed by atoms with Crippen LogP contribution in [0.3, 0.4) is 0 Å². The summed E-state index contributed by atoms with van der Waals surface area (Å²) >= 11 is 0. The molecule has 0 unspecified atom stereocenters. The molecule has 1 aliphatic heterocycles. The normalized spacial score (nSPS) is 14.7. The summed E-state index contributed by atoms with van der Waals surface area (Å²) in [5, 5.41) is 2.92. The Morgan fingerprint density at radius 1 is 1.00 bits per heavy atom. The summed E-state index contributed by atoms with van der Waals surface area (Å²) in [7, 11) is 0. The molecule has 1 aromatic heterocycles. The third kappa shape index (κ3) is 5.17. The number of anilines is 1. The molecule has 2 aromatic carbocycles. The number of hydrogen-bond donors (Lipinski definition) is 1. The third-order valence-electron chi connectivity index (χ3n) is 5.35. The van der Waals surface area contributed by atoms with Gasteiger partial charge in [0.05, 0.1) is 6.04 Å². The van der Waals surface area contributed by atoms with E-state index in [9.17, 15) is 9.18 Å². The number of amides is 1. The molecular weight excluding hydrogens is 395 g/mol. The second-order valence-electron chi connectivity index (χ2n) is 7.61. The number of aromatic nitrogens is 2. The molecule has 1 saturated heterocycles. The van der Waals surface area contributed by atoms with Gasteiger partial charge in [0.15, 0.2) is 5.82 Å². The summed E-state index contributed by atoms with van der Waals surface area (Å²) in [6.07, 6.45) is 6.79. The first-order valence-corrected chi connectivity index (χ1v) is 10.5. The summed E-state index contributed by atoms with van der Waals surface area (Å²) in [5.41, 5.74) is 1.35. The maximum atomic E-state index is 13.1. The fourth-order valence-electron chi connectivity index (χ4n) is 3.61. The van der Waals surface area contributed by atoms with E-state index in [4.69, 9.17) is 4.74 Å². The Labute approximate surface area is 181 Å². The molecule has 7 heteroatoms. The highest BCUT2D eigenvalue weighted by atomic mass is 19.1. The number of rotatable bonds is 6. The Morgan fingerprint density at radius 3 is 2.39 bits per heavy atom. The van der Waals surface area contributed by atoms with E-state index in [0.29, 0.717) is 17.2 Å². The number of benzene rings is 2. The number of nitrogens with one attached hydrogen (secondary N) is 1. The van der Waals surface area contributed by atoms with E-state index in [0.717, 1.165) is 37.3 Å². The van der Waals surface area contributed by atoms with Crippen LogP contribution in [0.1, 0.15) is 48.1 Å². The van der Waals surface area contributed by atoms with Crippen molar-refractivity contribution in [3.05, 3.63) is 77.9 Å². The van der Waals surface area contributed by atoms with Crippen molar-refractivity contribution < 1.29 is 13.9 Å². The maximum Gasteiger partial charge on any atom is 0.263 e. The topological polar surface area (TPSA) is 67.3 Å². The smallest absolute Gasteiger partial charge is 0.263 e. The fourth-order valence-corrected chi connectivity index (χ4v) is 3.61. The van der Waals surface area contributed by atoms with Gasteiger partial charge in [0.25, 0.3) is 11.8 Å². The van der Waals surface area contributed by atoms with Crippen molar-refractivity contribution in [1.29, 1.82) is 0 Å². The van der Waals surface area contributed by atoms with Gasteiger partial charge in [0.2, 0.25) is 0 Å². The van der Waals surface area contributed by atoms with Crippen LogP contribution in [-0.4, -0.2) is 29.0 Å². The van der Waals surface area contributed by atoms with Crippen LogP contribution in [0.4, 0.5) is 10.2 Å². The molecule has 1 N–H and O–H groups in total. The maximum absolute atomic E-state index is 13.1. The van der Waals surface area contributed by atoms with Crippen molar-refractivity contribution in [2.75, 3.05) is 18.0 Å². The van der Waals surface area contributed by atoms with Gasteiger partial charge >= 0.3 is 0 Å². The van der Waals surface area contributed by atoms with Gasteiger partial charge in [-0.25, -0.2) is 14.4 Å². The number of piperidine rings is 1. The minimum absolute atomic E-state index is 0.211. The Hall–Kier alpha value is -3.48. The molecule has 4 rings (SSSR count). The molecule has 1 atom stereocenters. The van der Waals surface area contributed by atoms with Crippen LogP contribution in [0, 0.1) is 5.82 Å². The number of ether oxygens (including phenoxy) is 1. The lowest BCUT2D eigenvalue weighted by molar-refractivity contribution is 0.0940. The molecule has 1 fully saturated rings. The number of carbonyl (C=O) groups excluding carboxylic acids is 1. The van der Waals surface area contributed by atoms with Crippen LogP contribution in [0.5, 0.6) is 11.6 Å². The lowest BCUT2D eigenvalue weighted by Gasteiger charge is -2.28. The van der Waals surface area contributed by atoms with Gasteiger partial charge in [-0.05, 0) is 68.1 Å². The molecule has 1 amide bonds. The molecule has 6 nitrogen and oxygen atoms in total. The molecule has 3 aromatic rings. The van der Waals surface area contributed by atoms with E-state index in [1.807, 2.05) is 6.92 Å². The molecule has 0 bridgehead atoms. The van der Waals surface area contributed by atoms with Crippen LogP contribution in [0.2, 0.25) is 0 Å². The number of halogens is 1. The van der Waals surface area contributed by atoms with Crippen molar-refractivity contribution in [2.24, 2.45) is 0 Å². The van der Waals surface area contributed by atoms with E-state index in [2.05, 4.69) is 20.2 Å². The van der Waals surface area contributed by atoms with E-state index < -0.39 is 0 Å². The Morgan fingerprint density at radius 2 is 1.68 bits per heavy atom. The van der Waals surface area contributed by atoms with Crippen LogP contribution in [-0.2, 0) is 0 Å². The molecule has 1 aliphatic rings. The van der Waals surface area contributed by atoms with E-state index in [-0.39, 0.29) is 17.8 Å². The van der Waals surface area contributed by atoms with Crippen LogP contribution >= 0.6 is 0 Å². The SMILES string of the molecule is C[C@@H](NC(=O)c1ccc(Oc2nccnc2N2CCCCC2)cc1)c1ccc(F)cc1. The second-order valence-corrected chi connectivity index (χ2v) is 7.61.